The highest BCUT2D eigenvalue weighted by molar-refractivity contribution is 6.02. The largest absolute Gasteiger partial charge is 0.454 e. The number of benzene rings is 1. The summed E-state index contributed by atoms with van der Waals surface area (Å²) in [6, 6.07) is 6.30. The van der Waals surface area contributed by atoms with Crippen LogP contribution in [0.5, 0.6) is 11.5 Å². The molecule has 0 aromatic heterocycles. The standard InChI is InChI=1S/C23H29N3O4/c1-24-19-5-3-2-4-17(19)18(23(24)28)13-22(27)26-10-8-25(9-11-26)14-16-6-7-20-21(12-16)30-15-29-20/h6-7,12,19H,2-5,8-11,13-15H2,1H3. The van der Waals surface area contributed by atoms with Crippen LogP contribution in [0, 0.1) is 0 Å². The van der Waals surface area contributed by atoms with Crippen LogP contribution in [0.3, 0.4) is 0 Å². The number of carbonyl (C=O) groups excluding carboxylic acids is 2. The van der Waals surface area contributed by atoms with Crippen molar-refractivity contribution in [3.8, 4) is 11.5 Å². The molecule has 0 bridgehead atoms. The van der Waals surface area contributed by atoms with Crippen molar-refractivity contribution in [1.82, 2.24) is 14.7 Å². The first-order valence-corrected chi connectivity index (χ1v) is 11.0. The van der Waals surface area contributed by atoms with Gasteiger partial charge in [0.2, 0.25) is 12.7 Å². The molecule has 1 saturated heterocycles. The zero-order valence-corrected chi connectivity index (χ0v) is 17.6. The molecule has 7 nitrogen and oxygen atoms in total. The van der Waals surface area contributed by atoms with E-state index in [-0.39, 0.29) is 31.1 Å². The van der Waals surface area contributed by atoms with Gasteiger partial charge in [-0.3, -0.25) is 14.5 Å². The Morgan fingerprint density at radius 2 is 1.90 bits per heavy atom. The maximum atomic E-state index is 12.9. The van der Waals surface area contributed by atoms with Crippen LogP contribution in [0.2, 0.25) is 0 Å². The molecule has 1 aliphatic carbocycles. The molecule has 2 amide bonds. The maximum absolute atomic E-state index is 12.9. The van der Waals surface area contributed by atoms with Crippen molar-refractivity contribution in [3.05, 3.63) is 34.9 Å². The minimum absolute atomic E-state index is 0.0618. The van der Waals surface area contributed by atoms with Crippen LogP contribution in [-0.4, -0.2) is 72.6 Å². The van der Waals surface area contributed by atoms with Gasteiger partial charge < -0.3 is 19.3 Å². The lowest BCUT2D eigenvalue weighted by Gasteiger charge is -2.35. The van der Waals surface area contributed by atoms with Crippen LogP contribution in [0.1, 0.15) is 37.7 Å². The lowest BCUT2D eigenvalue weighted by Crippen LogP contribution is -2.48. The van der Waals surface area contributed by atoms with E-state index in [4.69, 9.17) is 9.47 Å². The van der Waals surface area contributed by atoms with E-state index in [1.807, 2.05) is 29.0 Å². The quantitative estimate of drug-likeness (QED) is 0.760. The number of rotatable bonds is 4. The predicted molar refractivity (Wildman–Crippen MR) is 111 cm³/mol. The number of ether oxygens (including phenoxy) is 2. The molecule has 1 aromatic carbocycles. The highest BCUT2D eigenvalue weighted by Crippen LogP contribution is 2.37. The third-order valence-corrected chi connectivity index (χ3v) is 6.91. The summed E-state index contributed by atoms with van der Waals surface area (Å²) in [7, 11) is 1.88. The van der Waals surface area contributed by atoms with Gasteiger partial charge in [-0.2, -0.15) is 0 Å². The van der Waals surface area contributed by atoms with Gasteiger partial charge in [0.25, 0.3) is 5.91 Å². The van der Waals surface area contributed by atoms with Gasteiger partial charge in [0.05, 0.1) is 12.5 Å². The average Bonchev–Trinajstić information content (AvgIpc) is 3.33. The van der Waals surface area contributed by atoms with E-state index < -0.39 is 0 Å². The molecule has 4 aliphatic rings. The SMILES string of the molecule is CN1C(=O)C(CC(=O)N2CCN(Cc3ccc4c(c3)OCO4)CC2)=C2CCCCC21. The Balaban J connectivity index is 1.17. The molecule has 3 aliphatic heterocycles. The van der Waals surface area contributed by atoms with Gasteiger partial charge in [0.15, 0.2) is 11.5 Å². The number of fused-ring (bicyclic) bond motifs is 2. The summed E-state index contributed by atoms with van der Waals surface area (Å²) >= 11 is 0. The smallest absolute Gasteiger partial charge is 0.250 e. The van der Waals surface area contributed by atoms with E-state index in [2.05, 4.69) is 11.0 Å². The molecule has 0 spiro atoms. The van der Waals surface area contributed by atoms with Crippen molar-refractivity contribution in [3.63, 3.8) is 0 Å². The number of piperazine rings is 1. The Morgan fingerprint density at radius 3 is 2.73 bits per heavy atom. The summed E-state index contributed by atoms with van der Waals surface area (Å²) in [6.45, 7) is 4.21. The van der Waals surface area contributed by atoms with Crippen LogP contribution in [0.4, 0.5) is 0 Å². The van der Waals surface area contributed by atoms with Crippen molar-refractivity contribution in [1.29, 1.82) is 0 Å². The Labute approximate surface area is 177 Å². The number of hydrogen-bond donors (Lipinski definition) is 0. The van der Waals surface area contributed by atoms with E-state index in [1.54, 1.807) is 0 Å². The number of amides is 2. The molecular weight excluding hydrogens is 382 g/mol. The monoisotopic (exact) mass is 411 g/mol. The molecule has 160 valence electrons. The zero-order valence-electron chi connectivity index (χ0n) is 17.6. The van der Waals surface area contributed by atoms with Crippen LogP contribution in [0.25, 0.3) is 0 Å². The Kier molecular flexibility index (Phi) is 5.15. The van der Waals surface area contributed by atoms with E-state index in [9.17, 15) is 9.59 Å². The van der Waals surface area contributed by atoms with E-state index in [0.717, 1.165) is 56.0 Å². The average molecular weight is 412 g/mol. The molecule has 1 unspecified atom stereocenters. The minimum Gasteiger partial charge on any atom is -0.454 e. The van der Waals surface area contributed by atoms with Crippen molar-refractivity contribution >= 4 is 11.8 Å². The van der Waals surface area contributed by atoms with Gasteiger partial charge in [-0.1, -0.05) is 12.5 Å². The molecular formula is C23H29N3O4. The zero-order chi connectivity index (χ0) is 20.7. The van der Waals surface area contributed by atoms with Gasteiger partial charge in [0.1, 0.15) is 0 Å². The summed E-state index contributed by atoms with van der Waals surface area (Å²) in [5.41, 5.74) is 3.19. The number of nitrogens with zero attached hydrogens (tertiary/aromatic N) is 3. The molecule has 2 fully saturated rings. The second-order valence-electron chi connectivity index (χ2n) is 8.70. The number of likely N-dealkylation sites (N-methyl/N-ethyl adjacent to an activating group) is 1. The third kappa shape index (κ3) is 3.55. The summed E-state index contributed by atoms with van der Waals surface area (Å²) in [4.78, 5) is 31.8. The van der Waals surface area contributed by atoms with Crippen LogP contribution >= 0.6 is 0 Å². The normalized spacial score (nSPS) is 23.9. The molecule has 1 saturated carbocycles. The molecule has 3 heterocycles. The Bertz CT molecular complexity index is 888. The van der Waals surface area contributed by atoms with Gasteiger partial charge in [-0.05, 0) is 42.5 Å². The summed E-state index contributed by atoms with van der Waals surface area (Å²) in [5.74, 6) is 1.76. The first-order valence-electron chi connectivity index (χ1n) is 11.0. The second kappa shape index (κ2) is 7.95. The fourth-order valence-corrected chi connectivity index (χ4v) is 5.17. The Morgan fingerprint density at radius 1 is 1.10 bits per heavy atom. The molecule has 5 rings (SSSR count). The first-order chi connectivity index (χ1) is 14.6. The van der Waals surface area contributed by atoms with Crippen LogP contribution < -0.4 is 9.47 Å². The highest BCUT2D eigenvalue weighted by Gasteiger charge is 2.39. The first kappa shape index (κ1) is 19.4. The molecule has 0 radical (unpaired) electrons. The number of hydrogen-bond acceptors (Lipinski definition) is 5. The minimum atomic E-state index is 0.0618. The lowest BCUT2D eigenvalue weighted by atomic mass is 9.88. The maximum Gasteiger partial charge on any atom is 0.250 e. The molecule has 0 N–H and O–H groups in total. The Hall–Kier alpha value is -2.54. The van der Waals surface area contributed by atoms with Crippen LogP contribution in [-0.2, 0) is 16.1 Å². The van der Waals surface area contributed by atoms with Gasteiger partial charge in [-0.15, -0.1) is 0 Å². The summed E-state index contributed by atoms with van der Waals surface area (Å²) in [5, 5.41) is 0. The highest BCUT2D eigenvalue weighted by atomic mass is 16.7. The van der Waals surface area contributed by atoms with Crippen molar-refractivity contribution in [2.24, 2.45) is 0 Å². The molecule has 30 heavy (non-hydrogen) atoms. The van der Waals surface area contributed by atoms with E-state index >= 15 is 0 Å². The molecule has 1 atom stereocenters. The van der Waals surface area contributed by atoms with Gasteiger partial charge >= 0.3 is 0 Å². The fraction of sp³-hybridized carbons (Fsp3) is 0.565. The summed E-state index contributed by atoms with van der Waals surface area (Å²) < 4.78 is 10.8. The van der Waals surface area contributed by atoms with Crippen molar-refractivity contribution < 1.29 is 19.1 Å². The predicted octanol–water partition coefficient (Wildman–Crippen LogP) is 2.16. The second-order valence-corrected chi connectivity index (χ2v) is 8.70. The van der Waals surface area contributed by atoms with Crippen molar-refractivity contribution in [2.75, 3.05) is 40.0 Å². The lowest BCUT2D eigenvalue weighted by molar-refractivity contribution is -0.134. The summed E-state index contributed by atoms with van der Waals surface area (Å²) in [6.07, 6.45) is 4.55. The van der Waals surface area contributed by atoms with E-state index in [0.29, 0.717) is 13.1 Å². The van der Waals surface area contributed by atoms with Crippen LogP contribution in [0.15, 0.2) is 29.3 Å². The number of carbonyl (C=O) groups is 2. The fourth-order valence-electron chi connectivity index (χ4n) is 5.17. The molecule has 1 aromatic rings. The third-order valence-electron chi connectivity index (χ3n) is 6.91. The van der Waals surface area contributed by atoms with Gasteiger partial charge in [-0.25, -0.2) is 0 Å². The van der Waals surface area contributed by atoms with Gasteiger partial charge in [0, 0.05) is 45.3 Å². The van der Waals surface area contributed by atoms with E-state index in [1.165, 1.54) is 17.6 Å². The molecule has 7 heteroatoms. The topological polar surface area (TPSA) is 62.3 Å². The van der Waals surface area contributed by atoms with Crippen molar-refractivity contribution in [2.45, 2.75) is 44.7 Å².